The summed E-state index contributed by atoms with van der Waals surface area (Å²) in [6.45, 7) is 4.54. The summed E-state index contributed by atoms with van der Waals surface area (Å²) >= 11 is 0. The molecule has 3 rings (SSSR count). The van der Waals surface area contributed by atoms with E-state index >= 15 is 0 Å². The fourth-order valence-corrected chi connectivity index (χ4v) is 2.57. The maximum atomic E-state index is 12.2. The molecule has 2 aromatic carbocycles. The van der Waals surface area contributed by atoms with Crippen LogP contribution in [0.15, 0.2) is 48.5 Å². The molecule has 10 nitrogen and oxygen atoms in total. The van der Waals surface area contributed by atoms with E-state index in [4.69, 9.17) is 10.5 Å². The van der Waals surface area contributed by atoms with E-state index in [-0.39, 0.29) is 36.6 Å². The third kappa shape index (κ3) is 4.86. The SMILES string of the molecule is C=[N+]([O-])c1ccc(C(=O)OCc2nc(N)nc(N(CO)c3ccc(C)cc3)n2)cc1. The molecule has 0 bridgehead atoms. The molecule has 0 saturated carbocycles. The van der Waals surface area contributed by atoms with Crippen molar-refractivity contribution in [2.24, 2.45) is 0 Å². The minimum atomic E-state index is -0.624. The van der Waals surface area contributed by atoms with Gasteiger partial charge < -0.3 is 20.8 Å². The molecule has 0 saturated heterocycles. The summed E-state index contributed by atoms with van der Waals surface area (Å²) in [7, 11) is 0. The zero-order valence-corrected chi connectivity index (χ0v) is 16.2. The van der Waals surface area contributed by atoms with E-state index in [0.29, 0.717) is 16.1 Å². The van der Waals surface area contributed by atoms with E-state index < -0.39 is 5.97 Å². The first-order valence-corrected chi connectivity index (χ1v) is 8.88. The molecular formula is C20H20N6O4. The van der Waals surface area contributed by atoms with Gasteiger partial charge in [0, 0.05) is 17.8 Å². The number of aryl methyl sites for hydroxylation is 1. The number of rotatable bonds is 7. The summed E-state index contributed by atoms with van der Waals surface area (Å²) in [6.07, 6.45) is 0. The second-order valence-electron chi connectivity index (χ2n) is 6.32. The zero-order valence-electron chi connectivity index (χ0n) is 16.2. The van der Waals surface area contributed by atoms with E-state index in [1.54, 1.807) is 0 Å². The number of anilines is 3. The summed E-state index contributed by atoms with van der Waals surface area (Å²) in [4.78, 5) is 25.9. The van der Waals surface area contributed by atoms with Gasteiger partial charge in [-0.05, 0) is 31.2 Å². The topological polar surface area (TPSA) is 141 Å². The first-order valence-electron chi connectivity index (χ1n) is 8.88. The Morgan fingerprint density at radius 1 is 1.17 bits per heavy atom. The predicted molar refractivity (Wildman–Crippen MR) is 111 cm³/mol. The Balaban J connectivity index is 1.75. The number of aliphatic hydroxyl groups is 1. The van der Waals surface area contributed by atoms with E-state index in [1.807, 2.05) is 31.2 Å². The standard InChI is InChI=1S/C20H20N6O4/c1-13-3-7-16(8-4-13)26(12-27)20-23-17(22-19(21)24-20)11-30-18(28)14-5-9-15(10-6-14)25(2)29/h3-10,27H,2,11-12H2,1H3,(H2,21,22,23,24). The smallest absolute Gasteiger partial charge is 0.338 e. The molecule has 154 valence electrons. The fourth-order valence-electron chi connectivity index (χ4n) is 2.57. The molecule has 1 aromatic heterocycles. The first kappa shape index (κ1) is 20.7. The summed E-state index contributed by atoms with van der Waals surface area (Å²) in [5.74, 6) is -0.458. The van der Waals surface area contributed by atoms with Crippen LogP contribution in [0.2, 0.25) is 0 Å². The number of nitrogens with two attached hydrogens (primary N) is 1. The number of hydrogen-bond donors (Lipinski definition) is 2. The molecule has 0 aliphatic carbocycles. The maximum absolute atomic E-state index is 12.2. The van der Waals surface area contributed by atoms with Crippen molar-refractivity contribution in [3.05, 3.63) is 70.7 Å². The van der Waals surface area contributed by atoms with Gasteiger partial charge >= 0.3 is 5.97 Å². The van der Waals surface area contributed by atoms with Gasteiger partial charge in [0.1, 0.15) is 13.4 Å². The van der Waals surface area contributed by atoms with Gasteiger partial charge in [0.15, 0.2) is 12.4 Å². The molecule has 3 N–H and O–H groups in total. The summed E-state index contributed by atoms with van der Waals surface area (Å²) in [5, 5.41) is 20.9. The minimum Gasteiger partial charge on any atom is -0.619 e. The Morgan fingerprint density at radius 2 is 1.83 bits per heavy atom. The molecule has 0 atom stereocenters. The van der Waals surface area contributed by atoms with Crippen LogP contribution in [0, 0.1) is 12.1 Å². The molecule has 1 heterocycles. The number of nitrogen functional groups attached to an aromatic ring is 1. The molecular weight excluding hydrogens is 388 g/mol. The summed E-state index contributed by atoms with van der Waals surface area (Å²) < 4.78 is 5.66. The van der Waals surface area contributed by atoms with Crippen molar-refractivity contribution < 1.29 is 19.4 Å². The Kier molecular flexibility index (Phi) is 6.18. The molecule has 0 aliphatic rings. The molecule has 0 unspecified atom stereocenters. The first-order chi connectivity index (χ1) is 14.4. The number of carbonyl (C=O) groups is 1. The van der Waals surface area contributed by atoms with Crippen LogP contribution >= 0.6 is 0 Å². The average Bonchev–Trinajstić information content (AvgIpc) is 2.73. The van der Waals surface area contributed by atoms with Crippen molar-refractivity contribution in [1.82, 2.24) is 15.0 Å². The Labute approximate surface area is 172 Å². The van der Waals surface area contributed by atoms with Crippen LogP contribution in [0.25, 0.3) is 0 Å². The number of aromatic nitrogens is 3. The second kappa shape index (κ2) is 8.97. The Bertz CT molecular complexity index is 1050. The molecule has 0 radical (unpaired) electrons. The quantitative estimate of drug-likeness (QED) is 0.150. The van der Waals surface area contributed by atoms with Gasteiger partial charge in [0.05, 0.1) is 5.56 Å². The highest BCUT2D eigenvalue weighted by Crippen LogP contribution is 2.22. The molecule has 3 aromatic rings. The van der Waals surface area contributed by atoms with E-state index in [1.165, 1.54) is 29.2 Å². The lowest BCUT2D eigenvalue weighted by Gasteiger charge is -2.20. The largest absolute Gasteiger partial charge is 0.619 e. The Morgan fingerprint density at radius 3 is 2.43 bits per heavy atom. The Hall–Kier alpha value is -4.05. The average molecular weight is 408 g/mol. The van der Waals surface area contributed by atoms with Gasteiger partial charge in [-0.25, -0.2) is 4.79 Å². The highest BCUT2D eigenvalue weighted by molar-refractivity contribution is 5.89. The normalized spacial score (nSPS) is 10.5. The van der Waals surface area contributed by atoms with Gasteiger partial charge in [0.2, 0.25) is 17.6 Å². The number of benzene rings is 2. The molecule has 0 spiro atoms. The molecule has 0 aliphatic heterocycles. The second-order valence-corrected chi connectivity index (χ2v) is 6.32. The number of hydrogen-bond acceptors (Lipinski definition) is 9. The van der Waals surface area contributed by atoms with Gasteiger partial charge in [-0.2, -0.15) is 19.7 Å². The van der Waals surface area contributed by atoms with Gasteiger partial charge in [-0.15, -0.1) is 0 Å². The van der Waals surface area contributed by atoms with Crippen LogP contribution in [0.4, 0.5) is 23.3 Å². The number of aliphatic hydroxyl groups excluding tert-OH is 1. The molecule has 0 amide bonds. The van der Waals surface area contributed by atoms with Crippen LogP contribution in [-0.2, 0) is 11.3 Å². The number of carbonyl (C=O) groups excluding carboxylic acids is 1. The van der Waals surface area contributed by atoms with E-state index in [0.717, 1.165) is 5.56 Å². The van der Waals surface area contributed by atoms with Gasteiger partial charge in [-0.1, -0.05) is 17.7 Å². The maximum Gasteiger partial charge on any atom is 0.338 e. The number of ether oxygens (including phenoxy) is 1. The van der Waals surface area contributed by atoms with Crippen molar-refractivity contribution in [1.29, 1.82) is 0 Å². The third-order valence-corrected chi connectivity index (χ3v) is 4.14. The highest BCUT2D eigenvalue weighted by atomic mass is 16.5. The van der Waals surface area contributed by atoms with E-state index in [9.17, 15) is 15.1 Å². The van der Waals surface area contributed by atoms with Gasteiger partial charge in [0.25, 0.3) is 0 Å². The van der Waals surface area contributed by atoms with Crippen LogP contribution in [0.5, 0.6) is 0 Å². The van der Waals surface area contributed by atoms with Crippen molar-refractivity contribution >= 4 is 36.0 Å². The van der Waals surface area contributed by atoms with Crippen molar-refractivity contribution in [3.63, 3.8) is 0 Å². The van der Waals surface area contributed by atoms with Gasteiger partial charge in [-0.3, -0.25) is 4.90 Å². The highest BCUT2D eigenvalue weighted by Gasteiger charge is 2.16. The number of esters is 1. The molecule has 10 heteroatoms. The number of nitrogens with zero attached hydrogens (tertiary/aromatic N) is 5. The molecule has 30 heavy (non-hydrogen) atoms. The summed E-state index contributed by atoms with van der Waals surface area (Å²) in [6, 6.07) is 13.2. The zero-order chi connectivity index (χ0) is 21.7. The fraction of sp³-hybridized carbons (Fsp3) is 0.150. The lowest BCUT2D eigenvalue weighted by molar-refractivity contribution is -0.349. The molecule has 0 fully saturated rings. The van der Waals surface area contributed by atoms with Crippen molar-refractivity contribution in [2.45, 2.75) is 13.5 Å². The summed E-state index contributed by atoms with van der Waals surface area (Å²) in [5.41, 5.74) is 8.04. The monoisotopic (exact) mass is 408 g/mol. The lowest BCUT2D eigenvalue weighted by atomic mass is 10.2. The predicted octanol–water partition coefficient (Wildman–Crippen LogP) is 2.05. The van der Waals surface area contributed by atoms with Crippen molar-refractivity contribution in [2.75, 3.05) is 17.4 Å². The minimum absolute atomic E-state index is 0.0769. The van der Waals surface area contributed by atoms with Crippen molar-refractivity contribution in [3.8, 4) is 0 Å². The van der Waals surface area contributed by atoms with E-state index in [2.05, 4.69) is 21.7 Å². The third-order valence-electron chi connectivity index (χ3n) is 4.14. The van der Waals surface area contributed by atoms with Crippen LogP contribution < -0.4 is 10.6 Å². The lowest BCUT2D eigenvalue weighted by Crippen LogP contribution is -2.22. The van der Waals surface area contributed by atoms with Crippen LogP contribution in [-0.4, -0.2) is 44.2 Å². The van der Waals surface area contributed by atoms with Crippen LogP contribution in [0.3, 0.4) is 0 Å². The van der Waals surface area contributed by atoms with Crippen LogP contribution in [0.1, 0.15) is 21.7 Å².